The average molecular weight is 324 g/mol. The van der Waals surface area contributed by atoms with E-state index in [9.17, 15) is 15.3 Å². The Kier molecular flexibility index (Phi) is 9.22. The van der Waals surface area contributed by atoms with E-state index in [-0.39, 0.29) is 13.2 Å². The summed E-state index contributed by atoms with van der Waals surface area (Å²) in [5.41, 5.74) is 0. The normalized spacial score (nSPS) is 30.7. The third-order valence-electron chi connectivity index (χ3n) is 2.92. The van der Waals surface area contributed by atoms with E-state index >= 15 is 0 Å². The highest BCUT2D eigenvalue weighted by Crippen LogP contribution is 2.21. The molecule has 5 unspecified atom stereocenters. The molecule has 23 heavy (non-hydrogen) atoms. The summed E-state index contributed by atoms with van der Waals surface area (Å²) in [4.78, 5) is 0. The monoisotopic (exact) mass is 324 g/mol. The minimum Gasteiger partial charge on any atom is -0.394 e. The lowest BCUT2D eigenvalue weighted by Crippen LogP contribution is -2.59. The van der Waals surface area contributed by atoms with Gasteiger partial charge in [-0.3, -0.25) is 0 Å². The first-order valence-corrected chi connectivity index (χ1v) is 6.95. The first-order valence-electron chi connectivity index (χ1n) is 6.95. The highest BCUT2D eigenvalue weighted by Gasteiger charge is 2.43. The summed E-state index contributed by atoms with van der Waals surface area (Å²) in [6, 6.07) is 0. The van der Waals surface area contributed by atoms with Gasteiger partial charge in [0, 0.05) is 0 Å². The molecule has 5 atom stereocenters. The van der Waals surface area contributed by atoms with Gasteiger partial charge in [0.1, 0.15) is 24.4 Å². The van der Waals surface area contributed by atoms with Crippen molar-refractivity contribution in [2.45, 2.75) is 30.7 Å². The van der Waals surface area contributed by atoms with Crippen LogP contribution in [0.2, 0.25) is 0 Å². The van der Waals surface area contributed by atoms with Crippen molar-refractivity contribution in [3.63, 3.8) is 0 Å². The lowest BCUT2D eigenvalue weighted by molar-refractivity contribution is -0.298. The zero-order chi connectivity index (χ0) is 17.1. The number of hydrogen-bond donors (Lipinski definition) is 5. The zero-order valence-electron chi connectivity index (χ0n) is 12.4. The van der Waals surface area contributed by atoms with Crippen LogP contribution in [-0.2, 0) is 9.47 Å². The molecule has 1 aliphatic heterocycles. The van der Waals surface area contributed by atoms with Crippen LogP contribution in [0.4, 0.5) is 0 Å². The molecule has 126 valence electrons. The van der Waals surface area contributed by atoms with Gasteiger partial charge in [-0.2, -0.15) is 0 Å². The quantitative estimate of drug-likeness (QED) is 0.368. The summed E-state index contributed by atoms with van der Waals surface area (Å²) < 4.78 is 10.4. The van der Waals surface area contributed by atoms with Crippen molar-refractivity contribution in [3.8, 4) is 23.7 Å². The fourth-order valence-corrected chi connectivity index (χ4v) is 1.73. The number of aliphatic hydroxyl groups excluding tert-OH is 5. The van der Waals surface area contributed by atoms with Gasteiger partial charge < -0.3 is 35.0 Å². The van der Waals surface area contributed by atoms with Crippen molar-refractivity contribution in [2.24, 2.45) is 0 Å². The molecule has 1 fully saturated rings. The molecular formula is C16H20O7. The van der Waals surface area contributed by atoms with Crippen LogP contribution in [0.15, 0.2) is 24.3 Å². The average Bonchev–Trinajstić information content (AvgIpc) is 2.56. The Morgan fingerprint density at radius 1 is 0.913 bits per heavy atom. The van der Waals surface area contributed by atoms with Gasteiger partial charge >= 0.3 is 0 Å². The Morgan fingerprint density at radius 2 is 1.57 bits per heavy atom. The predicted octanol–water partition coefficient (Wildman–Crippen LogP) is -2.09. The van der Waals surface area contributed by atoms with Crippen molar-refractivity contribution in [3.05, 3.63) is 24.3 Å². The molecule has 1 heterocycles. The molecule has 0 amide bonds. The Labute approximate surface area is 134 Å². The zero-order valence-corrected chi connectivity index (χ0v) is 12.4. The second-order valence-electron chi connectivity index (χ2n) is 4.56. The van der Waals surface area contributed by atoms with Gasteiger partial charge in [0.25, 0.3) is 0 Å². The second kappa shape index (κ2) is 10.9. The minimum absolute atomic E-state index is 0.0508. The molecule has 0 radical (unpaired) electrons. The third kappa shape index (κ3) is 6.53. The van der Waals surface area contributed by atoms with Crippen molar-refractivity contribution < 1.29 is 35.0 Å². The molecule has 0 saturated carbocycles. The van der Waals surface area contributed by atoms with Crippen molar-refractivity contribution in [1.82, 2.24) is 0 Å². The Morgan fingerprint density at radius 3 is 2.17 bits per heavy atom. The van der Waals surface area contributed by atoms with Crippen LogP contribution in [0.1, 0.15) is 0 Å². The molecular weight excluding hydrogens is 304 g/mol. The largest absolute Gasteiger partial charge is 0.394 e. The molecule has 0 spiro atoms. The summed E-state index contributed by atoms with van der Waals surface area (Å²) >= 11 is 0. The molecule has 7 heteroatoms. The Hall–Kier alpha value is -1.68. The van der Waals surface area contributed by atoms with Gasteiger partial charge in [-0.15, -0.1) is 0 Å². The standard InChI is InChI=1S/C16H20O7/c17-9-7-5-3-1-2-4-6-8-10-22-16-15(21)14(20)13(19)12(11-18)23-16/h5-8,12-21H,9-11H2. The van der Waals surface area contributed by atoms with Crippen LogP contribution in [0.3, 0.4) is 0 Å². The molecule has 1 rings (SSSR count). The van der Waals surface area contributed by atoms with E-state index in [1.807, 2.05) is 0 Å². The maximum absolute atomic E-state index is 9.73. The van der Waals surface area contributed by atoms with Crippen LogP contribution >= 0.6 is 0 Å². The Balaban J connectivity index is 2.39. The van der Waals surface area contributed by atoms with E-state index in [0.717, 1.165) is 0 Å². The molecule has 0 aromatic heterocycles. The molecule has 7 nitrogen and oxygen atoms in total. The van der Waals surface area contributed by atoms with Crippen LogP contribution in [-0.4, -0.2) is 76.1 Å². The van der Waals surface area contributed by atoms with Crippen molar-refractivity contribution in [2.75, 3.05) is 19.8 Å². The Bertz CT molecular complexity index is 518. The van der Waals surface area contributed by atoms with Gasteiger partial charge in [-0.05, 0) is 24.0 Å². The van der Waals surface area contributed by atoms with E-state index in [0.29, 0.717) is 0 Å². The first kappa shape index (κ1) is 19.4. The molecule has 0 bridgehead atoms. The van der Waals surface area contributed by atoms with Crippen molar-refractivity contribution in [1.29, 1.82) is 0 Å². The van der Waals surface area contributed by atoms with E-state index in [4.69, 9.17) is 19.7 Å². The van der Waals surface area contributed by atoms with Crippen LogP contribution in [0, 0.1) is 23.7 Å². The highest BCUT2D eigenvalue weighted by atomic mass is 16.7. The summed E-state index contributed by atoms with van der Waals surface area (Å²) in [7, 11) is 0. The topological polar surface area (TPSA) is 120 Å². The first-order chi connectivity index (χ1) is 11.1. The number of ether oxygens (including phenoxy) is 2. The molecule has 0 aromatic carbocycles. The van der Waals surface area contributed by atoms with Gasteiger partial charge in [-0.1, -0.05) is 24.0 Å². The van der Waals surface area contributed by atoms with Gasteiger partial charge in [0.05, 0.1) is 19.8 Å². The number of aliphatic hydroxyl groups is 5. The fourth-order valence-electron chi connectivity index (χ4n) is 1.73. The van der Waals surface area contributed by atoms with Gasteiger partial charge in [-0.25, -0.2) is 0 Å². The number of hydrogen-bond acceptors (Lipinski definition) is 7. The van der Waals surface area contributed by atoms with E-state index in [1.165, 1.54) is 18.2 Å². The molecule has 0 aliphatic carbocycles. The van der Waals surface area contributed by atoms with Crippen LogP contribution < -0.4 is 0 Å². The van der Waals surface area contributed by atoms with E-state index in [1.54, 1.807) is 6.08 Å². The highest BCUT2D eigenvalue weighted by molar-refractivity contribution is 5.33. The molecule has 0 aromatic rings. The fraction of sp³-hybridized carbons (Fsp3) is 0.500. The maximum atomic E-state index is 9.73. The SMILES string of the molecule is OCC=CC#CC#CC=CCOC1OC(CO)C(O)C(O)C1O. The van der Waals surface area contributed by atoms with Gasteiger partial charge in [0.15, 0.2) is 6.29 Å². The molecule has 1 saturated heterocycles. The van der Waals surface area contributed by atoms with E-state index < -0.39 is 37.3 Å². The predicted molar refractivity (Wildman–Crippen MR) is 80.6 cm³/mol. The lowest BCUT2D eigenvalue weighted by Gasteiger charge is -2.39. The second-order valence-corrected chi connectivity index (χ2v) is 4.56. The van der Waals surface area contributed by atoms with Crippen LogP contribution in [0.25, 0.3) is 0 Å². The summed E-state index contributed by atoms with van der Waals surface area (Å²) in [6.45, 7) is -0.526. The summed E-state index contributed by atoms with van der Waals surface area (Å²) in [5.74, 6) is 10.3. The summed E-state index contributed by atoms with van der Waals surface area (Å²) in [6.07, 6.45) is -0.424. The number of rotatable bonds is 5. The van der Waals surface area contributed by atoms with Crippen molar-refractivity contribution >= 4 is 0 Å². The lowest BCUT2D eigenvalue weighted by atomic mass is 9.99. The smallest absolute Gasteiger partial charge is 0.187 e. The minimum atomic E-state index is -1.46. The number of allylic oxidation sites excluding steroid dienone is 2. The van der Waals surface area contributed by atoms with E-state index in [2.05, 4.69) is 23.7 Å². The van der Waals surface area contributed by atoms with Crippen LogP contribution in [0.5, 0.6) is 0 Å². The molecule has 5 N–H and O–H groups in total. The summed E-state index contributed by atoms with van der Waals surface area (Å²) in [5, 5.41) is 46.4. The third-order valence-corrected chi connectivity index (χ3v) is 2.92. The maximum Gasteiger partial charge on any atom is 0.187 e. The van der Waals surface area contributed by atoms with Gasteiger partial charge in [0.2, 0.25) is 0 Å². The molecule has 1 aliphatic rings.